The van der Waals surface area contributed by atoms with Gasteiger partial charge >= 0.3 is 0 Å². The predicted octanol–water partition coefficient (Wildman–Crippen LogP) is 5.99. The van der Waals surface area contributed by atoms with Gasteiger partial charge in [-0.15, -0.1) is 11.3 Å². The van der Waals surface area contributed by atoms with Gasteiger partial charge in [-0.2, -0.15) is 0 Å². The molecule has 9 nitrogen and oxygen atoms in total. The van der Waals surface area contributed by atoms with Crippen LogP contribution in [0.15, 0.2) is 59.3 Å². The maximum Gasteiger partial charge on any atom is 0.255 e. The molecule has 0 saturated carbocycles. The molecular weight excluding hydrogens is 591 g/mol. The highest BCUT2D eigenvalue weighted by atomic mass is 32.2. The topological polar surface area (TPSA) is 115 Å². The molecule has 1 amide bonds. The van der Waals surface area contributed by atoms with Crippen LogP contribution in [0.1, 0.15) is 34.8 Å². The van der Waals surface area contributed by atoms with Gasteiger partial charge in [0.1, 0.15) is 22.2 Å². The van der Waals surface area contributed by atoms with E-state index in [-0.39, 0.29) is 11.3 Å². The number of carbonyl (C=O) groups is 1. The number of pyridine rings is 1. The number of hydrogen-bond acceptors (Lipinski definition) is 8. The van der Waals surface area contributed by atoms with Gasteiger partial charge in [-0.25, -0.2) is 17.8 Å². The number of furan rings is 1. The van der Waals surface area contributed by atoms with Crippen molar-refractivity contribution in [3.8, 4) is 33.0 Å². The molecule has 0 unspecified atom stereocenters. The number of thiazole rings is 1. The van der Waals surface area contributed by atoms with Crippen LogP contribution in [0.4, 0.5) is 10.1 Å². The molecule has 0 atom stereocenters. The lowest BCUT2D eigenvalue weighted by Crippen LogP contribution is -2.27. The summed E-state index contributed by atoms with van der Waals surface area (Å²) in [7, 11) is -0.722. The summed E-state index contributed by atoms with van der Waals surface area (Å²) in [4.78, 5) is 23.6. The normalized spacial score (nSPS) is 14.5. The Labute approximate surface area is 252 Å². The number of sulfonamides is 1. The second-order valence-electron chi connectivity index (χ2n) is 10.9. The maximum absolute atomic E-state index is 13.7. The number of nitrogens with zero attached hydrogens (tertiary/aromatic N) is 3. The molecule has 5 aromatic rings. The SMILES string of the molecule is CNC(=O)c1c(-c2ccc(F)cc2)oc2cc(N(C)S(C)(=O)=O)c(-c3cncc(-c4nc5c(s4)C(C)(C)OCC5)c3)cc12. The van der Waals surface area contributed by atoms with Gasteiger partial charge < -0.3 is 14.5 Å². The van der Waals surface area contributed by atoms with Crippen LogP contribution in [-0.4, -0.2) is 51.3 Å². The summed E-state index contributed by atoms with van der Waals surface area (Å²) in [5.41, 5.74) is 3.86. The first kappa shape index (κ1) is 29.0. The van der Waals surface area contributed by atoms with Gasteiger partial charge in [0.2, 0.25) is 10.0 Å². The average molecular weight is 621 g/mol. The third kappa shape index (κ3) is 5.19. The first-order chi connectivity index (χ1) is 20.4. The molecule has 3 aromatic heterocycles. The van der Waals surface area contributed by atoms with Crippen molar-refractivity contribution in [2.75, 3.05) is 31.3 Å². The third-order valence-electron chi connectivity index (χ3n) is 7.55. The first-order valence-electron chi connectivity index (χ1n) is 13.5. The quantitative estimate of drug-likeness (QED) is 0.248. The van der Waals surface area contributed by atoms with Crippen molar-refractivity contribution in [3.05, 3.63) is 76.8 Å². The summed E-state index contributed by atoms with van der Waals surface area (Å²) in [6, 6.07) is 10.9. The van der Waals surface area contributed by atoms with E-state index in [0.29, 0.717) is 40.0 Å². The Morgan fingerprint density at radius 1 is 1.09 bits per heavy atom. The maximum atomic E-state index is 13.7. The molecule has 0 bridgehead atoms. The molecule has 1 N–H and O–H groups in total. The number of benzene rings is 2. The van der Waals surface area contributed by atoms with Crippen molar-refractivity contribution >= 4 is 43.9 Å². The van der Waals surface area contributed by atoms with E-state index in [2.05, 4.69) is 10.3 Å². The van der Waals surface area contributed by atoms with Crippen LogP contribution in [0.3, 0.4) is 0 Å². The summed E-state index contributed by atoms with van der Waals surface area (Å²) in [6.07, 6.45) is 5.20. The van der Waals surface area contributed by atoms with Crippen molar-refractivity contribution in [1.82, 2.24) is 15.3 Å². The smallest absolute Gasteiger partial charge is 0.255 e. The van der Waals surface area contributed by atoms with Gasteiger partial charge in [0.15, 0.2) is 0 Å². The molecule has 43 heavy (non-hydrogen) atoms. The number of anilines is 1. The van der Waals surface area contributed by atoms with Gasteiger partial charge in [0.25, 0.3) is 5.91 Å². The molecule has 2 aromatic carbocycles. The van der Waals surface area contributed by atoms with Crippen molar-refractivity contribution in [2.45, 2.75) is 25.9 Å². The summed E-state index contributed by atoms with van der Waals surface area (Å²) in [5.74, 6) is -0.590. The Balaban J connectivity index is 1.58. The van der Waals surface area contributed by atoms with Crippen molar-refractivity contribution < 1.29 is 26.8 Å². The minimum absolute atomic E-state index is 0.240. The Bertz CT molecular complexity index is 2000. The number of fused-ring (bicyclic) bond motifs is 2. The second-order valence-corrected chi connectivity index (χ2v) is 13.9. The summed E-state index contributed by atoms with van der Waals surface area (Å²) in [6.45, 7) is 4.65. The van der Waals surface area contributed by atoms with E-state index in [4.69, 9.17) is 14.1 Å². The van der Waals surface area contributed by atoms with Crippen LogP contribution >= 0.6 is 11.3 Å². The fourth-order valence-corrected chi connectivity index (χ4v) is 6.90. The number of ether oxygens (including phenoxy) is 1. The molecule has 0 spiro atoms. The number of hydrogen-bond donors (Lipinski definition) is 1. The molecule has 6 rings (SSSR count). The summed E-state index contributed by atoms with van der Waals surface area (Å²) < 4.78 is 52.5. The summed E-state index contributed by atoms with van der Waals surface area (Å²) in [5, 5.41) is 3.90. The van der Waals surface area contributed by atoms with E-state index in [0.717, 1.165) is 38.1 Å². The molecule has 0 saturated heterocycles. The van der Waals surface area contributed by atoms with Gasteiger partial charge in [-0.3, -0.25) is 14.1 Å². The van der Waals surface area contributed by atoms with E-state index in [1.807, 2.05) is 19.9 Å². The monoisotopic (exact) mass is 620 g/mol. The van der Waals surface area contributed by atoms with E-state index < -0.39 is 27.3 Å². The lowest BCUT2D eigenvalue weighted by atomic mass is 9.98. The molecular formula is C31H29FN4O5S2. The van der Waals surface area contributed by atoms with Crippen LogP contribution in [0, 0.1) is 5.82 Å². The fourth-order valence-electron chi connectivity index (χ4n) is 5.25. The number of amides is 1. The van der Waals surface area contributed by atoms with E-state index in [9.17, 15) is 17.6 Å². The highest BCUT2D eigenvalue weighted by Crippen LogP contribution is 2.43. The number of aromatic nitrogens is 2. The van der Waals surface area contributed by atoms with E-state index >= 15 is 0 Å². The van der Waals surface area contributed by atoms with Crippen molar-refractivity contribution in [1.29, 1.82) is 0 Å². The Morgan fingerprint density at radius 2 is 1.81 bits per heavy atom. The number of rotatable bonds is 6. The molecule has 222 valence electrons. The highest BCUT2D eigenvalue weighted by Gasteiger charge is 2.32. The van der Waals surface area contributed by atoms with Crippen molar-refractivity contribution in [2.24, 2.45) is 0 Å². The first-order valence-corrected chi connectivity index (χ1v) is 16.2. The molecule has 0 radical (unpaired) electrons. The standard InChI is InChI=1S/C31H29FN4O5S2/c1-31(2)28-23(10-11-40-31)35-30(42-28)19-12-18(15-34-16-19)21-13-22-25(14-24(21)36(4)43(5,38)39)41-27(26(22)29(37)33-3)17-6-8-20(32)9-7-17/h6-9,12-16H,10-11H2,1-5H3,(H,33,37). The van der Waals surface area contributed by atoms with Gasteiger partial charge in [0, 0.05) is 66.6 Å². The zero-order chi connectivity index (χ0) is 30.7. The average Bonchev–Trinajstić information content (AvgIpc) is 3.58. The summed E-state index contributed by atoms with van der Waals surface area (Å²) >= 11 is 1.55. The van der Waals surface area contributed by atoms with Crippen molar-refractivity contribution in [3.63, 3.8) is 0 Å². The zero-order valence-corrected chi connectivity index (χ0v) is 25.8. The van der Waals surface area contributed by atoms with Crippen LogP contribution in [-0.2, 0) is 26.8 Å². The largest absolute Gasteiger partial charge is 0.455 e. The van der Waals surface area contributed by atoms with Gasteiger partial charge in [-0.1, -0.05) is 0 Å². The Morgan fingerprint density at radius 3 is 2.49 bits per heavy atom. The van der Waals surface area contributed by atoms with Gasteiger partial charge in [-0.05, 0) is 50.2 Å². The van der Waals surface area contributed by atoms with Crippen LogP contribution in [0.25, 0.3) is 44.0 Å². The number of halogens is 1. The van der Waals surface area contributed by atoms with Crippen LogP contribution < -0.4 is 9.62 Å². The number of nitrogens with one attached hydrogen (secondary N) is 1. The zero-order valence-electron chi connectivity index (χ0n) is 24.2. The lowest BCUT2D eigenvalue weighted by Gasteiger charge is -2.28. The van der Waals surface area contributed by atoms with Crippen LogP contribution in [0.2, 0.25) is 0 Å². The minimum atomic E-state index is -3.69. The molecule has 1 aliphatic rings. The molecule has 0 fully saturated rings. The Hall–Kier alpha value is -4.13. The molecule has 4 heterocycles. The highest BCUT2D eigenvalue weighted by molar-refractivity contribution is 7.92. The Kier molecular flexibility index (Phi) is 7.10. The molecule has 0 aliphatic carbocycles. The van der Waals surface area contributed by atoms with E-state index in [1.165, 1.54) is 38.4 Å². The minimum Gasteiger partial charge on any atom is -0.455 e. The third-order valence-corrected chi connectivity index (χ3v) is 10.2. The van der Waals surface area contributed by atoms with Crippen LogP contribution in [0.5, 0.6) is 0 Å². The second kappa shape index (κ2) is 10.5. The van der Waals surface area contributed by atoms with Gasteiger partial charge in [0.05, 0.1) is 40.3 Å². The molecule has 1 aliphatic heterocycles. The predicted molar refractivity (Wildman–Crippen MR) is 165 cm³/mol. The number of carbonyl (C=O) groups excluding carboxylic acids is 1. The lowest BCUT2D eigenvalue weighted by molar-refractivity contribution is -0.0290. The van der Waals surface area contributed by atoms with E-state index in [1.54, 1.807) is 35.9 Å². The fraction of sp³-hybridized carbons (Fsp3) is 0.258. The molecule has 12 heteroatoms.